The molecule has 1 unspecified atom stereocenters. The maximum absolute atomic E-state index is 6.24. The van der Waals surface area contributed by atoms with E-state index in [0.29, 0.717) is 11.9 Å². The number of hydrogen-bond donors (Lipinski definition) is 1. The van der Waals surface area contributed by atoms with Gasteiger partial charge in [-0.1, -0.05) is 0 Å². The molecule has 2 bridgehead atoms. The Bertz CT molecular complexity index is 787. The summed E-state index contributed by atoms with van der Waals surface area (Å²) >= 11 is 1.65. The molecule has 114 valence electrons. The van der Waals surface area contributed by atoms with Crippen molar-refractivity contribution in [2.45, 2.75) is 18.9 Å². The van der Waals surface area contributed by atoms with E-state index in [1.807, 2.05) is 0 Å². The van der Waals surface area contributed by atoms with Crippen molar-refractivity contribution in [1.82, 2.24) is 14.9 Å². The van der Waals surface area contributed by atoms with Gasteiger partial charge in [0.05, 0.1) is 16.8 Å². The molecule has 5 heterocycles. The predicted molar refractivity (Wildman–Crippen MR) is 86.4 cm³/mol. The molecule has 2 aromatic heterocycles. The molecule has 3 aliphatic heterocycles. The van der Waals surface area contributed by atoms with Crippen molar-refractivity contribution in [3.8, 4) is 0 Å². The summed E-state index contributed by atoms with van der Waals surface area (Å²) < 4.78 is 7.30. The number of nitrogens with one attached hydrogen (secondary N) is 1. The van der Waals surface area contributed by atoms with Crippen LogP contribution in [0.25, 0.3) is 10.2 Å². The summed E-state index contributed by atoms with van der Waals surface area (Å²) in [5.74, 6) is 1.41. The summed E-state index contributed by atoms with van der Waals surface area (Å²) in [5.41, 5.74) is 2.08. The smallest absolute Gasteiger partial charge is 0.291 e. The largest absolute Gasteiger partial charge is 0.455 e. The van der Waals surface area contributed by atoms with Crippen molar-refractivity contribution in [2.24, 2.45) is 10.9 Å². The Morgan fingerprint density at radius 1 is 1.45 bits per heavy atom. The van der Waals surface area contributed by atoms with Crippen molar-refractivity contribution in [2.75, 3.05) is 31.5 Å². The van der Waals surface area contributed by atoms with E-state index in [-0.39, 0.29) is 5.60 Å². The first kappa shape index (κ1) is 12.8. The molecule has 22 heavy (non-hydrogen) atoms. The van der Waals surface area contributed by atoms with Crippen molar-refractivity contribution in [3.05, 3.63) is 17.3 Å². The highest BCUT2D eigenvalue weighted by Crippen LogP contribution is 2.41. The Morgan fingerprint density at radius 2 is 2.41 bits per heavy atom. The summed E-state index contributed by atoms with van der Waals surface area (Å²) in [7, 11) is 0. The first-order valence-corrected chi connectivity index (χ1v) is 8.53. The molecule has 3 aliphatic rings. The van der Waals surface area contributed by atoms with E-state index in [2.05, 4.69) is 37.5 Å². The molecule has 6 nitrogen and oxygen atoms in total. The molecular formula is C15H17N5OS. The van der Waals surface area contributed by atoms with Gasteiger partial charge in [-0.05, 0) is 30.8 Å². The lowest BCUT2D eigenvalue weighted by Crippen LogP contribution is -2.46. The zero-order chi connectivity index (χ0) is 14.7. The standard InChI is InChI=1S/C15H17N5OS/c1-9-5-22-12-11(9)17-8-18-13(12)19-14-16-6-15(21-14)7-20-3-2-10(15)4-20/h5,8,10H,2-4,6-7H2,1H3,(H,16,17,18,19)/t10-,15+/m1/s1. The lowest BCUT2D eigenvalue weighted by Gasteiger charge is -2.32. The maximum atomic E-state index is 6.24. The number of nitrogens with zero attached hydrogens (tertiary/aromatic N) is 4. The number of ether oxygens (including phenoxy) is 1. The fraction of sp³-hybridized carbons (Fsp3) is 0.533. The predicted octanol–water partition coefficient (Wildman–Crippen LogP) is 1.87. The molecule has 0 aliphatic carbocycles. The highest BCUT2D eigenvalue weighted by molar-refractivity contribution is 7.18. The number of rotatable bonds is 1. The van der Waals surface area contributed by atoms with Crippen molar-refractivity contribution >= 4 is 33.4 Å². The van der Waals surface area contributed by atoms with E-state index in [4.69, 9.17) is 4.74 Å². The molecule has 0 aromatic carbocycles. The fourth-order valence-electron chi connectivity index (χ4n) is 3.90. The Balaban J connectivity index is 1.40. The third-order valence-corrected chi connectivity index (χ3v) is 6.15. The average molecular weight is 315 g/mol. The molecule has 2 saturated heterocycles. The number of thiophene rings is 1. The summed E-state index contributed by atoms with van der Waals surface area (Å²) in [6, 6.07) is 0.611. The van der Waals surface area contributed by atoms with E-state index >= 15 is 0 Å². The normalized spacial score (nSPS) is 32.7. The van der Waals surface area contributed by atoms with Crippen LogP contribution in [-0.2, 0) is 4.74 Å². The number of piperidine rings is 1. The van der Waals surface area contributed by atoms with Gasteiger partial charge in [0.1, 0.15) is 11.9 Å². The van der Waals surface area contributed by atoms with Gasteiger partial charge in [-0.15, -0.1) is 11.3 Å². The van der Waals surface area contributed by atoms with Gasteiger partial charge in [-0.3, -0.25) is 10.2 Å². The lowest BCUT2D eigenvalue weighted by atomic mass is 9.88. The van der Waals surface area contributed by atoms with Crippen LogP contribution in [0, 0.1) is 12.8 Å². The molecule has 2 fully saturated rings. The third kappa shape index (κ3) is 1.72. The Labute approximate surface area is 132 Å². The first-order chi connectivity index (χ1) is 10.7. The van der Waals surface area contributed by atoms with Crippen LogP contribution < -0.4 is 5.32 Å². The third-order valence-electron chi connectivity index (χ3n) is 5.05. The fourth-order valence-corrected chi connectivity index (χ4v) is 4.84. The number of amidine groups is 1. The molecule has 1 N–H and O–H groups in total. The van der Waals surface area contributed by atoms with Gasteiger partial charge in [0.15, 0.2) is 5.82 Å². The molecular weight excluding hydrogens is 298 g/mol. The monoisotopic (exact) mass is 315 g/mol. The molecule has 0 radical (unpaired) electrons. The second kappa shape index (κ2) is 4.39. The van der Waals surface area contributed by atoms with Gasteiger partial charge >= 0.3 is 0 Å². The van der Waals surface area contributed by atoms with Gasteiger partial charge in [0, 0.05) is 19.0 Å². The van der Waals surface area contributed by atoms with Gasteiger partial charge in [0.25, 0.3) is 6.02 Å². The van der Waals surface area contributed by atoms with Crippen LogP contribution in [-0.4, -0.2) is 52.7 Å². The number of anilines is 1. The summed E-state index contributed by atoms with van der Waals surface area (Å²) in [5, 5.41) is 5.38. The van der Waals surface area contributed by atoms with Crippen LogP contribution in [0.3, 0.4) is 0 Å². The van der Waals surface area contributed by atoms with Gasteiger partial charge < -0.3 is 4.74 Å². The molecule has 7 heteroatoms. The highest BCUT2D eigenvalue weighted by Gasteiger charge is 2.54. The second-order valence-corrected chi connectivity index (χ2v) is 7.33. The Hall–Kier alpha value is -1.73. The lowest BCUT2D eigenvalue weighted by molar-refractivity contribution is 0.0364. The zero-order valence-electron chi connectivity index (χ0n) is 12.4. The van der Waals surface area contributed by atoms with Crippen LogP contribution in [0.1, 0.15) is 12.0 Å². The minimum absolute atomic E-state index is 0.0991. The number of aryl methyl sites for hydroxylation is 1. The van der Waals surface area contributed by atoms with Crippen LogP contribution in [0.2, 0.25) is 0 Å². The number of fused-ring (bicyclic) bond motifs is 4. The number of hydrogen-bond acceptors (Lipinski definition) is 7. The quantitative estimate of drug-likeness (QED) is 0.870. The first-order valence-electron chi connectivity index (χ1n) is 7.65. The Kier molecular flexibility index (Phi) is 2.55. The maximum Gasteiger partial charge on any atom is 0.291 e. The number of aliphatic imine (C=N–C) groups is 1. The number of aromatic nitrogens is 2. The van der Waals surface area contributed by atoms with E-state index in [0.717, 1.165) is 35.7 Å². The van der Waals surface area contributed by atoms with Crippen molar-refractivity contribution in [1.29, 1.82) is 0 Å². The van der Waals surface area contributed by atoms with Gasteiger partial charge in [0.2, 0.25) is 0 Å². The molecule has 2 aromatic rings. The second-order valence-electron chi connectivity index (χ2n) is 6.45. The summed E-state index contributed by atoms with van der Waals surface area (Å²) in [4.78, 5) is 15.8. The highest BCUT2D eigenvalue weighted by atomic mass is 32.1. The SMILES string of the molecule is Cc1csc2c(NC3=NC[C@@]4(CN5CC[C@@H]4C5)O3)ncnc12. The minimum Gasteiger partial charge on any atom is -0.455 e. The Morgan fingerprint density at radius 3 is 3.23 bits per heavy atom. The van der Waals surface area contributed by atoms with E-state index in [1.165, 1.54) is 18.5 Å². The van der Waals surface area contributed by atoms with Crippen molar-refractivity contribution < 1.29 is 4.74 Å². The van der Waals surface area contributed by atoms with Crippen LogP contribution >= 0.6 is 11.3 Å². The average Bonchev–Trinajstić information content (AvgIpc) is 3.27. The van der Waals surface area contributed by atoms with Crippen LogP contribution in [0.5, 0.6) is 0 Å². The summed E-state index contributed by atoms with van der Waals surface area (Å²) in [6.45, 7) is 6.19. The molecule has 1 spiro atoms. The molecule has 5 rings (SSSR count). The van der Waals surface area contributed by atoms with E-state index in [1.54, 1.807) is 17.7 Å². The summed E-state index contributed by atoms with van der Waals surface area (Å²) in [6.07, 6.45) is 2.82. The molecule has 3 atom stereocenters. The van der Waals surface area contributed by atoms with Crippen molar-refractivity contribution in [3.63, 3.8) is 0 Å². The van der Waals surface area contributed by atoms with Gasteiger partial charge in [-0.2, -0.15) is 0 Å². The van der Waals surface area contributed by atoms with E-state index < -0.39 is 0 Å². The molecule has 0 amide bonds. The van der Waals surface area contributed by atoms with Crippen LogP contribution in [0.4, 0.5) is 5.82 Å². The van der Waals surface area contributed by atoms with Crippen LogP contribution in [0.15, 0.2) is 16.7 Å². The molecule has 0 saturated carbocycles. The minimum atomic E-state index is -0.0991. The zero-order valence-corrected chi connectivity index (χ0v) is 13.2. The van der Waals surface area contributed by atoms with E-state index in [9.17, 15) is 0 Å². The topological polar surface area (TPSA) is 62.6 Å². The van der Waals surface area contributed by atoms with Gasteiger partial charge in [-0.25, -0.2) is 15.0 Å².